The number of nitrogens with one attached hydrogen (secondary N) is 1. The summed E-state index contributed by atoms with van der Waals surface area (Å²) in [5.74, 6) is -0.0728. The van der Waals surface area contributed by atoms with Crippen LogP contribution in [0.4, 0.5) is 0 Å². The molecule has 2 atom stereocenters. The van der Waals surface area contributed by atoms with Gasteiger partial charge in [-0.3, -0.25) is 4.79 Å². The molecule has 0 radical (unpaired) electrons. The summed E-state index contributed by atoms with van der Waals surface area (Å²) in [5.41, 5.74) is 0. The molecule has 0 spiro atoms. The van der Waals surface area contributed by atoms with E-state index in [0.29, 0.717) is 6.42 Å². The van der Waals surface area contributed by atoms with Gasteiger partial charge < -0.3 is 15.5 Å². The van der Waals surface area contributed by atoms with Crippen molar-refractivity contribution in [1.29, 1.82) is 0 Å². The van der Waals surface area contributed by atoms with Crippen molar-refractivity contribution in [3.63, 3.8) is 0 Å². The van der Waals surface area contributed by atoms with Crippen LogP contribution in [-0.4, -0.2) is 34.9 Å². The van der Waals surface area contributed by atoms with E-state index in [0.717, 1.165) is 38.5 Å². The van der Waals surface area contributed by atoms with Crippen LogP contribution in [0.25, 0.3) is 0 Å². The second kappa shape index (κ2) is 49.7. The number of amides is 1. The van der Waals surface area contributed by atoms with Crippen molar-refractivity contribution in [3.05, 3.63) is 48.6 Å². The molecule has 0 rings (SSSR count). The average Bonchev–Trinajstić information content (AvgIpc) is 3.23. The first-order valence-corrected chi connectivity index (χ1v) is 25.9. The lowest BCUT2D eigenvalue weighted by Gasteiger charge is -2.19. The first-order valence-electron chi connectivity index (χ1n) is 25.9. The van der Waals surface area contributed by atoms with Crippen LogP contribution in [-0.2, 0) is 4.79 Å². The predicted octanol–water partition coefficient (Wildman–Crippen LogP) is 16.7. The Kier molecular flexibility index (Phi) is 48.3. The highest BCUT2D eigenvalue weighted by Crippen LogP contribution is 2.16. The normalized spacial score (nSPS) is 13.2. The van der Waals surface area contributed by atoms with Gasteiger partial charge in [-0.25, -0.2) is 0 Å². The molecule has 4 heteroatoms. The lowest BCUT2D eigenvalue weighted by Crippen LogP contribution is -2.45. The van der Waals surface area contributed by atoms with Gasteiger partial charge in [0.15, 0.2) is 0 Å². The van der Waals surface area contributed by atoms with Crippen LogP contribution in [0.1, 0.15) is 271 Å². The fourth-order valence-corrected chi connectivity index (χ4v) is 7.81. The SMILES string of the molecule is CCCCCCCCC/C=C/CC/C=C/C(O)C(CO)NC(=O)CCCCCCCCCCCCCCCCCCC/C=C\C/C=C\CCCCCCCCCCC. The van der Waals surface area contributed by atoms with Gasteiger partial charge in [0.25, 0.3) is 0 Å². The second-order valence-corrected chi connectivity index (χ2v) is 17.6. The summed E-state index contributed by atoms with van der Waals surface area (Å²) in [5, 5.41) is 23.0. The van der Waals surface area contributed by atoms with Crippen molar-refractivity contribution in [2.24, 2.45) is 0 Å². The molecule has 0 aliphatic heterocycles. The highest BCUT2D eigenvalue weighted by atomic mass is 16.3. The molecule has 340 valence electrons. The standard InChI is InChI=1S/C54H101NO3/c1-3-5-7-9-11-13-15-17-18-19-20-21-22-23-24-25-26-27-28-29-30-31-32-33-34-35-36-38-40-42-44-46-48-50-54(58)55-52(51-56)53(57)49-47-45-43-41-39-37-16-14-12-10-8-6-4-2/h20-21,23-24,39,41,47,49,52-53,56-57H,3-19,22,25-38,40,42-46,48,50-51H2,1-2H3,(H,55,58)/b21-20-,24-23-,41-39+,49-47+. The van der Waals surface area contributed by atoms with E-state index in [4.69, 9.17) is 0 Å². The predicted molar refractivity (Wildman–Crippen MR) is 258 cm³/mol. The number of carbonyl (C=O) groups is 1. The zero-order valence-corrected chi connectivity index (χ0v) is 39.1. The smallest absolute Gasteiger partial charge is 0.220 e. The maximum Gasteiger partial charge on any atom is 0.220 e. The van der Waals surface area contributed by atoms with Gasteiger partial charge in [0.05, 0.1) is 18.8 Å². The molecule has 0 saturated carbocycles. The van der Waals surface area contributed by atoms with Crippen molar-refractivity contribution in [1.82, 2.24) is 5.32 Å². The van der Waals surface area contributed by atoms with E-state index in [1.54, 1.807) is 6.08 Å². The highest BCUT2D eigenvalue weighted by Gasteiger charge is 2.17. The number of aliphatic hydroxyl groups is 2. The molecule has 0 fully saturated rings. The summed E-state index contributed by atoms with van der Waals surface area (Å²) in [7, 11) is 0. The monoisotopic (exact) mass is 812 g/mol. The number of rotatable bonds is 47. The zero-order chi connectivity index (χ0) is 42.1. The topological polar surface area (TPSA) is 69.6 Å². The molecular weight excluding hydrogens is 711 g/mol. The third-order valence-electron chi connectivity index (χ3n) is 11.8. The summed E-state index contributed by atoms with van der Waals surface area (Å²) >= 11 is 0. The molecule has 0 heterocycles. The van der Waals surface area contributed by atoms with E-state index in [1.165, 1.54) is 212 Å². The Hall–Kier alpha value is -1.65. The zero-order valence-electron chi connectivity index (χ0n) is 39.1. The minimum Gasteiger partial charge on any atom is -0.394 e. The van der Waals surface area contributed by atoms with Gasteiger partial charge in [-0.05, 0) is 64.2 Å². The molecule has 58 heavy (non-hydrogen) atoms. The number of allylic oxidation sites excluding steroid dienone is 7. The van der Waals surface area contributed by atoms with E-state index in [1.807, 2.05) is 6.08 Å². The van der Waals surface area contributed by atoms with Crippen LogP contribution in [0.3, 0.4) is 0 Å². The van der Waals surface area contributed by atoms with Crippen LogP contribution in [0.15, 0.2) is 48.6 Å². The lowest BCUT2D eigenvalue weighted by molar-refractivity contribution is -0.123. The summed E-state index contributed by atoms with van der Waals surface area (Å²) in [6.07, 6.45) is 68.3. The molecule has 4 nitrogen and oxygen atoms in total. The van der Waals surface area contributed by atoms with Crippen molar-refractivity contribution in [2.75, 3.05) is 6.61 Å². The van der Waals surface area contributed by atoms with E-state index in [-0.39, 0.29) is 12.5 Å². The number of hydrogen-bond donors (Lipinski definition) is 3. The van der Waals surface area contributed by atoms with E-state index in [2.05, 4.69) is 55.6 Å². The third-order valence-corrected chi connectivity index (χ3v) is 11.8. The molecule has 0 aromatic rings. The Bertz CT molecular complexity index is 923. The van der Waals surface area contributed by atoms with Gasteiger partial charge >= 0.3 is 0 Å². The van der Waals surface area contributed by atoms with Crippen molar-refractivity contribution in [2.45, 2.75) is 283 Å². The summed E-state index contributed by atoms with van der Waals surface area (Å²) in [6.45, 7) is 4.29. The molecular formula is C54H101NO3. The molecule has 3 N–H and O–H groups in total. The van der Waals surface area contributed by atoms with Crippen LogP contribution >= 0.6 is 0 Å². The fourth-order valence-electron chi connectivity index (χ4n) is 7.81. The van der Waals surface area contributed by atoms with Gasteiger partial charge in [-0.15, -0.1) is 0 Å². The Balaban J connectivity index is 3.47. The number of aliphatic hydroxyl groups excluding tert-OH is 2. The molecule has 0 aliphatic carbocycles. The fraction of sp³-hybridized carbons (Fsp3) is 0.833. The number of hydrogen-bond acceptors (Lipinski definition) is 3. The molecule has 2 unspecified atom stereocenters. The van der Waals surface area contributed by atoms with Crippen molar-refractivity contribution >= 4 is 5.91 Å². The van der Waals surface area contributed by atoms with Gasteiger partial charge in [-0.2, -0.15) is 0 Å². The molecule has 0 aliphatic rings. The van der Waals surface area contributed by atoms with E-state index >= 15 is 0 Å². The van der Waals surface area contributed by atoms with E-state index < -0.39 is 12.1 Å². The maximum atomic E-state index is 12.4. The Morgan fingerprint density at radius 3 is 1.10 bits per heavy atom. The summed E-state index contributed by atoms with van der Waals surface area (Å²) in [4.78, 5) is 12.4. The minimum atomic E-state index is -0.861. The lowest BCUT2D eigenvalue weighted by atomic mass is 10.0. The molecule has 0 aromatic carbocycles. The summed E-state index contributed by atoms with van der Waals surface area (Å²) < 4.78 is 0. The van der Waals surface area contributed by atoms with E-state index in [9.17, 15) is 15.0 Å². The summed E-state index contributed by atoms with van der Waals surface area (Å²) in [6, 6.07) is -0.638. The van der Waals surface area contributed by atoms with Crippen molar-refractivity contribution < 1.29 is 15.0 Å². The van der Waals surface area contributed by atoms with Crippen molar-refractivity contribution in [3.8, 4) is 0 Å². The Labute approximate surface area is 363 Å². The van der Waals surface area contributed by atoms with Crippen LogP contribution in [0.5, 0.6) is 0 Å². The van der Waals surface area contributed by atoms with Gasteiger partial charge in [0, 0.05) is 6.42 Å². The van der Waals surface area contributed by atoms with Gasteiger partial charge in [-0.1, -0.05) is 249 Å². The number of carbonyl (C=O) groups excluding carboxylic acids is 1. The molecule has 0 aromatic heterocycles. The van der Waals surface area contributed by atoms with Gasteiger partial charge in [0.1, 0.15) is 0 Å². The van der Waals surface area contributed by atoms with Gasteiger partial charge in [0.2, 0.25) is 5.91 Å². The maximum absolute atomic E-state index is 12.4. The average molecular weight is 812 g/mol. The first-order chi connectivity index (χ1) is 28.7. The van der Waals surface area contributed by atoms with Crippen LogP contribution < -0.4 is 5.32 Å². The quantitative estimate of drug-likeness (QED) is 0.0423. The van der Waals surface area contributed by atoms with Crippen LogP contribution in [0, 0.1) is 0 Å². The first kappa shape index (κ1) is 56.4. The second-order valence-electron chi connectivity index (χ2n) is 17.6. The minimum absolute atomic E-state index is 0.0728. The molecule has 1 amide bonds. The molecule has 0 bridgehead atoms. The van der Waals surface area contributed by atoms with Crippen LogP contribution in [0.2, 0.25) is 0 Å². The Morgan fingerprint density at radius 1 is 0.414 bits per heavy atom. The number of unbranched alkanes of at least 4 members (excludes halogenated alkanes) is 34. The Morgan fingerprint density at radius 2 is 0.724 bits per heavy atom. The highest BCUT2D eigenvalue weighted by molar-refractivity contribution is 5.76. The molecule has 0 saturated heterocycles. The third kappa shape index (κ3) is 45.4. The largest absolute Gasteiger partial charge is 0.394 e.